The molecule has 1 aromatic heterocycles. The van der Waals surface area contributed by atoms with Gasteiger partial charge in [0.25, 0.3) is 0 Å². The van der Waals surface area contributed by atoms with Crippen LogP contribution in [-0.2, 0) is 6.54 Å². The summed E-state index contributed by atoms with van der Waals surface area (Å²) in [5.41, 5.74) is 6.37. The first-order chi connectivity index (χ1) is 6.31. The van der Waals surface area contributed by atoms with Gasteiger partial charge in [-0.3, -0.25) is 0 Å². The van der Waals surface area contributed by atoms with Gasteiger partial charge in [-0.2, -0.15) is 0 Å². The maximum Gasteiger partial charge on any atom is 0.151 e. The zero-order valence-corrected chi connectivity index (χ0v) is 8.27. The van der Waals surface area contributed by atoms with Crippen molar-refractivity contribution in [3.63, 3.8) is 0 Å². The van der Waals surface area contributed by atoms with E-state index in [1.54, 1.807) is 0 Å². The Balaban J connectivity index is 2.20. The second-order valence-electron chi connectivity index (χ2n) is 3.58. The predicted octanol–water partition coefficient (Wildman–Crippen LogP) is 2.18. The van der Waals surface area contributed by atoms with Crippen LogP contribution in [0.4, 0.5) is 0 Å². The monoisotopic (exact) mass is 199 g/mol. The molecule has 0 radical (unpaired) electrons. The van der Waals surface area contributed by atoms with E-state index in [0.29, 0.717) is 17.6 Å². The summed E-state index contributed by atoms with van der Waals surface area (Å²) < 4.78 is 0. The number of aromatic nitrogens is 2. The molecule has 0 saturated heterocycles. The minimum Gasteiger partial charge on any atom is -0.343 e. The highest BCUT2D eigenvalue weighted by molar-refractivity contribution is 6.30. The maximum absolute atomic E-state index is 5.90. The molecule has 1 heterocycles. The normalized spacial score (nSPS) is 18.3. The van der Waals surface area contributed by atoms with Gasteiger partial charge in [0.15, 0.2) is 5.15 Å². The van der Waals surface area contributed by atoms with Crippen LogP contribution >= 0.6 is 11.6 Å². The van der Waals surface area contributed by atoms with Crippen LogP contribution < -0.4 is 5.73 Å². The number of nitrogens with two attached hydrogens (primary N) is 1. The number of hydrogen-bond donors (Lipinski definition) is 2. The van der Waals surface area contributed by atoms with E-state index in [1.807, 2.05) is 0 Å². The van der Waals surface area contributed by atoms with Crippen LogP contribution in [0.25, 0.3) is 0 Å². The summed E-state index contributed by atoms with van der Waals surface area (Å²) in [5.74, 6) is 1.61. The van der Waals surface area contributed by atoms with Gasteiger partial charge in [0.2, 0.25) is 0 Å². The summed E-state index contributed by atoms with van der Waals surface area (Å²) in [6, 6.07) is 0. The Kier molecular flexibility index (Phi) is 2.56. The van der Waals surface area contributed by atoms with Crippen molar-refractivity contribution in [3.05, 3.63) is 16.7 Å². The molecular weight excluding hydrogens is 186 g/mol. The Morgan fingerprint density at radius 2 is 2.15 bits per heavy atom. The molecular formula is C9H14ClN3. The minimum atomic E-state index is 0.443. The summed E-state index contributed by atoms with van der Waals surface area (Å²) in [6.45, 7) is 0.443. The molecule has 4 heteroatoms. The van der Waals surface area contributed by atoms with Gasteiger partial charge in [0.05, 0.1) is 5.69 Å². The molecule has 0 spiro atoms. The number of hydrogen-bond acceptors (Lipinski definition) is 2. The number of halogens is 1. The van der Waals surface area contributed by atoms with E-state index in [1.165, 1.54) is 25.7 Å². The second-order valence-corrected chi connectivity index (χ2v) is 3.93. The summed E-state index contributed by atoms with van der Waals surface area (Å²) in [4.78, 5) is 7.50. The van der Waals surface area contributed by atoms with Crippen LogP contribution in [0.5, 0.6) is 0 Å². The van der Waals surface area contributed by atoms with Crippen LogP contribution in [-0.4, -0.2) is 9.97 Å². The molecule has 0 unspecified atom stereocenters. The molecule has 2 rings (SSSR count). The molecule has 0 aliphatic heterocycles. The molecule has 13 heavy (non-hydrogen) atoms. The Hall–Kier alpha value is -0.540. The Bertz CT molecular complexity index is 289. The molecule has 72 valence electrons. The van der Waals surface area contributed by atoms with E-state index < -0.39 is 0 Å². The zero-order valence-electron chi connectivity index (χ0n) is 7.52. The van der Waals surface area contributed by atoms with Crippen LogP contribution in [0.2, 0.25) is 5.15 Å². The SMILES string of the molecule is NCc1[nH]c(C2CCCC2)nc1Cl. The molecule has 3 N–H and O–H groups in total. The number of rotatable bonds is 2. The van der Waals surface area contributed by atoms with Crippen molar-refractivity contribution in [2.45, 2.75) is 38.1 Å². The third kappa shape index (κ3) is 1.71. The van der Waals surface area contributed by atoms with Crippen LogP contribution in [0, 0.1) is 0 Å². The van der Waals surface area contributed by atoms with Gasteiger partial charge in [-0.05, 0) is 12.8 Å². The highest BCUT2D eigenvalue weighted by Gasteiger charge is 2.21. The van der Waals surface area contributed by atoms with Crippen LogP contribution in [0.15, 0.2) is 0 Å². The molecule has 3 nitrogen and oxygen atoms in total. The van der Waals surface area contributed by atoms with Gasteiger partial charge in [-0.25, -0.2) is 4.98 Å². The lowest BCUT2D eigenvalue weighted by Crippen LogP contribution is -1.98. The first-order valence-electron chi connectivity index (χ1n) is 4.75. The number of nitrogens with one attached hydrogen (secondary N) is 1. The van der Waals surface area contributed by atoms with E-state index in [-0.39, 0.29) is 0 Å². The molecule has 0 atom stereocenters. The average molecular weight is 200 g/mol. The molecule has 0 aromatic carbocycles. The van der Waals surface area contributed by atoms with Crippen molar-refractivity contribution >= 4 is 11.6 Å². The highest BCUT2D eigenvalue weighted by atomic mass is 35.5. The molecule has 1 saturated carbocycles. The second kappa shape index (κ2) is 3.68. The first-order valence-corrected chi connectivity index (χ1v) is 5.13. The topological polar surface area (TPSA) is 54.7 Å². The van der Waals surface area contributed by atoms with Gasteiger partial charge in [-0.15, -0.1) is 0 Å². The lowest BCUT2D eigenvalue weighted by Gasteiger charge is -2.02. The molecule has 1 aromatic rings. The van der Waals surface area contributed by atoms with Crippen LogP contribution in [0.3, 0.4) is 0 Å². The molecule has 0 amide bonds. The van der Waals surface area contributed by atoms with Gasteiger partial charge < -0.3 is 10.7 Å². The van der Waals surface area contributed by atoms with Crippen LogP contribution in [0.1, 0.15) is 43.1 Å². The summed E-state index contributed by atoms with van der Waals surface area (Å²) >= 11 is 5.90. The average Bonchev–Trinajstić information content (AvgIpc) is 2.71. The van der Waals surface area contributed by atoms with E-state index in [9.17, 15) is 0 Å². The quantitative estimate of drug-likeness (QED) is 0.767. The number of H-pyrrole nitrogens is 1. The van der Waals surface area contributed by atoms with Gasteiger partial charge >= 0.3 is 0 Å². The first kappa shape index (κ1) is 9.03. The van der Waals surface area contributed by atoms with Crippen molar-refractivity contribution in [1.82, 2.24) is 9.97 Å². The maximum atomic E-state index is 5.90. The smallest absolute Gasteiger partial charge is 0.151 e. The standard InChI is InChI=1S/C9H14ClN3/c10-8-7(5-11)12-9(13-8)6-3-1-2-4-6/h6H,1-5,11H2,(H,12,13). The van der Waals surface area contributed by atoms with E-state index in [0.717, 1.165) is 11.5 Å². The van der Waals surface area contributed by atoms with Crippen molar-refractivity contribution in [3.8, 4) is 0 Å². The summed E-state index contributed by atoms with van der Waals surface area (Å²) in [6.07, 6.45) is 5.07. The number of aromatic amines is 1. The minimum absolute atomic E-state index is 0.443. The van der Waals surface area contributed by atoms with E-state index in [4.69, 9.17) is 17.3 Å². The number of imidazole rings is 1. The lowest BCUT2D eigenvalue weighted by molar-refractivity contribution is 0.676. The van der Waals surface area contributed by atoms with Gasteiger partial charge in [-0.1, -0.05) is 24.4 Å². The van der Waals surface area contributed by atoms with Crippen molar-refractivity contribution < 1.29 is 0 Å². The fourth-order valence-electron chi connectivity index (χ4n) is 1.94. The molecule has 0 bridgehead atoms. The number of nitrogens with zero attached hydrogens (tertiary/aromatic N) is 1. The zero-order chi connectivity index (χ0) is 9.26. The third-order valence-electron chi connectivity index (χ3n) is 2.69. The van der Waals surface area contributed by atoms with E-state index >= 15 is 0 Å². The highest BCUT2D eigenvalue weighted by Crippen LogP contribution is 2.33. The van der Waals surface area contributed by atoms with Gasteiger partial charge in [0.1, 0.15) is 5.82 Å². The fourth-order valence-corrected chi connectivity index (χ4v) is 2.15. The third-order valence-corrected chi connectivity index (χ3v) is 3.01. The summed E-state index contributed by atoms with van der Waals surface area (Å²) in [5, 5.41) is 0.546. The van der Waals surface area contributed by atoms with Crippen molar-refractivity contribution in [1.29, 1.82) is 0 Å². The molecule has 1 aliphatic rings. The Morgan fingerprint density at radius 3 is 2.69 bits per heavy atom. The Labute approximate surface area is 82.7 Å². The molecule has 1 aliphatic carbocycles. The lowest BCUT2D eigenvalue weighted by atomic mass is 10.1. The van der Waals surface area contributed by atoms with Crippen molar-refractivity contribution in [2.75, 3.05) is 0 Å². The Morgan fingerprint density at radius 1 is 1.46 bits per heavy atom. The summed E-state index contributed by atoms with van der Waals surface area (Å²) in [7, 11) is 0. The van der Waals surface area contributed by atoms with E-state index in [2.05, 4.69) is 9.97 Å². The largest absolute Gasteiger partial charge is 0.343 e. The van der Waals surface area contributed by atoms with Crippen molar-refractivity contribution in [2.24, 2.45) is 5.73 Å². The fraction of sp³-hybridized carbons (Fsp3) is 0.667. The molecule has 1 fully saturated rings. The predicted molar refractivity (Wildman–Crippen MR) is 52.7 cm³/mol. The van der Waals surface area contributed by atoms with Gasteiger partial charge in [0, 0.05) is 12.5 Å².